The number of anilines is 1. The molecule has 0 bridgehead atoms. The van der Waals surface area contributed by atoms with Gasteiger partial charge in [-0.3, -0.25) is 16.0 Å². The fourth-order valence-corrected chi connectivity index (χ4v) is 0.976. The number of hydrogen-bond donors (Lipinski definition) is 2. The molecular weight excluding hydrogens is 196 g/mol. The second kappa shape index (κ2) is 3.97. The van der Waals surface area contributed by atoms with Gasteiger partial charge in [-0.1, -0.05) is 0 Å². The molecule has 0 fully saturated rings. The normalized spacial score (nSPS) is 10.3. The van der Waals surface area contributed by atoms with Gasteiger partial charge in [0.15, 0.2) is 0 Å². The number of benzene rings is 1. The maximum atomic E-state index is 12.3. The van der Waals surface area contributed by atoms with E-state index < -0.39 is 22.6 Å². The number of nitro groups is 1. The van der Waals surface area contributed by atoms with Gasteiger partial charge in [0.05, 0.1) is 16.2 Å². The Bertz CT molecular complexity index is 357. The quantitative estimate of drug-likeness (QED) is 0.446. The summed E-state index contributed by atoms with van der Waals surface area (Å²) in [6, 6.07) is 3.17. The van der Waals surface area contributed by atoms with E-state index in [1.807, 2.05) is 0 Å². The van der Waals surface area contributed by atoms with E-state index in [2.05, 4.69) is 5.43 Å². The smallest absolute Gasteiger partial charge is 0.280 e. The Kier molecular flexibility index (Phi) is 2.92. The highest BCUT2D eigenvalue weighted by atomic mass is 19.3. The van der Waals surface area contributed by atoms with Crippen LogP contribution in [0.3, 0.4) is 0 Å². The van der Waals surface area contributed by atoms with E-state index in [4.69, 9.17) is 5.84 Å². The molecule has 0 amide bonds. The Morgan fingerprint density at radius 1 is 1.50 bits per heavy atom. The Morgan fingerprint density at radius 3 is 2.57 bits per heavy atom. The fourth-order valence-electron chi connectivity index (χ4n) is 0.976. The van der Waals surface area contributed by atoms with Crippen molar-refractivity contribution in [3.63, 3.8) is 0 Å². The SMILES string of the molecule is NNc1ccc(C(F)F)c([N+](=O)[O-])c1. The Hall–Kier alpha value is -1.76. The highest BCUT2D eigenvalue weighted by Gasteiger charge is 2.21. The third kappa shape index (κ3) is 1.94. The highest BCUT2D eigenvalue weighted by molar-refractivity contribution is 5.54. The van der Waals surface area contributed by atoms with Gasteiger partial charge in [0, 0.05) is 6.07 Å². The first-order valence-electron chi connectivity index (χ1n) is 3.59. The molecule has 0 aromatic heterocycles. The number of nitrogens with two attached hydrogens (primary N) is 1. The molecule has 0 unspecified atom stereocenters. The van der Waals surface area contributed by atoms with Crippen molar-refractivity contribution in [3.8, 4) is 0 Å². The number of nitro benzene ring substituents is 1. The minimum absolute atomic E-state index is 0.209. The Morgan fingerprint density at radius 2 is 2.14 bits per heavy atom. The molecule has 3 N–H and O–H groups in total. The summed E-state index contributed by atoms with van der Waals surface area (Å²) in [5.74, 6) is 4.98. The van der Waals surface area contributed by atoms with Gasteiger partial charge in [-0.15, -0.1) is 0 Å². The maximum absolute atomic E-state index is 12.3. The van der Waals surface area contributed by atoms with Crippen molar-refractivity contribution >= 4 is 11.4 Å². The number of nitrogens with one attached hydrogen (secondary N) is 1. The summed E-state index contributed by atoms with van der Waals surface area (Å²) < 4.78 is 24.5. The zero-order valence-electron chi connectivity index (χ0n) is 6.91. The molecule has 1 aromatic rings. The largest absolute Gasteiger partial charge is 0.324 e. The number of hydrazine groups is 1. The molecule has 0 aliphatic carbocycles. The molecule has 76 valence electrons. The highest BCUT2D eigenvalue weighted by Crippen LogP contribution is 2.30. The first-order chi connectivity index (χ1) is 6.56. The minimum Gasteiger partial charge on any atom is -0.324 e. The topological polar surface area (TPSA) is 81.2 Å². The number of hydrogen-bond acceptors (Lipinski definition) is 4. The van der Waals surface area contributed by atoms with Gasteiger partial charge in [-0.2, -0.15) is 0 Å². The van der Waals surface area contributed by atoms with Crippen LogP contribution in [0.5, 0.6) is 0 Å². The van der Waals surface area contributed by atoms with Crippen molar-refractivity contribution in [1.29, 1.82) is 0 Å². The summed E-state index contributed by atoms with van der Waals surface area (Å²) in [6.07, 6.45) is -2.87. The summed E-state index contributed by atoms with van der Waals surface area (Å²) in [7, 11) is 0. The Balaban J connectivity index is 3.24. The summed E-state index contributed by atoms with van der Waals surface area (Å²) in [5, 5.41) is 10.4. The monoisotopic (exact) mass is 203 g/mol. The number of halogens is 2. The maximum Gasteiger partial charge on any atom is 0.280 e. The van der Waals surface area contributed by atoms with Crippen LogP contribution < -0.4 is 11.3 Å². The van der Waals surface area contributed by atoms with E-state index in [1.165, 1.54) is 6.07 Å². The molecule has 0 radical (unpaired) electrons. The van der Waals surface area contributed by atoms with E-state index in [-0.39, 0.29) is 5.69 Å². The molecular formula is C7H7F2N3O2. The van der Waals surface area contributed by atoms with Crippen molar-refractivity contribution in [2.45, 2.75) is 6.43 Å². The van der Waals surface area contributed by atoms with Crippen LogP contribution in [-0.2, 0) is 0 Å². The van der Waals surface area contributed by atoms with Crippen molar-refractivity contribution < 1.29 is 13.7 Å². The Labute approximate surface area is 77.6 Å². The van der Waals surface area contributed by atoms with E-state index in [1.54, 1.807) is 0 Å². The molecule has 0 saturated heterocycles. The molecule has 0 heterocycles. The number of alkyl halides is 2. The average Bonchev–Trinajstić information content (AvgIpc) is 2.16. The molecule has 0 spiro atoms. The molecule has 0 saturated carbocycles. The molecule has 1 aromatic carbocycles. The van der Waals surface area contributed by atoms with Gasteiger partial charge < -0.3 is 5.43 Å². The van der Waals surface area contributed by atoms with Crippen molar-refractivity contribution in [2.75, 3.05) is 5.43 Å². The van der Waals surface area contributed by atoms with Crippen molar-refractivity contribution in [1.82, 2.24) is 0 Å². The van der Waals surface area contributed by atoms with E-state index >= 15 is 0 Å². The zero-order valence-corrected chi connectivity index (χ0v) is 6.91. The third-order valence-electron chi connectivity index (χ3n) is 1.63. The molecule has 7 heteroatoms. The minimum atomic E-state index is -2.87. The average molecular weight is 203 g/mol. The lowest BCUT2D eigenvalue weighted by molar-refractivity contribution is -0.386. The van der Waals surface area contributed by atoms with Crippen LogP contribution >= 0.6 is 0 Å². The molecule has 1 rings (SSSR count). The van der Waals surface area contributed by atoms with Crippen LogP contribution in [-0.4, -0.2) is 4.92 Å². The third-order valence-corrected chi connectivity index (χ3v) is 1.63. The predicted molar refractivity (Wildman–Crippen MR) is 45.9 cm³/mol. The van der Waals surface area contributed by atoms with E-state index in [9.17, 15) is 18.9 Å². The van der Waals surface area contributed by atoms with E-state index in [0.717, 1.165) is 12.1 Å². The number of nitrogens with zero attached hydrogens (tertiary/aromatic N) is 1. The van der Waals surface area contributed by atoms with Gasteiger partial charge in [-0.05, 0) is 12.1 Å². The van der Waals surface area contributed by atoms with Crippen molar-refractivity contribution in [2.24, 2.45) is 5.84 Å². The number of rotatable bonds is 3. The van der Waals surface area contributed by atoms with Gasteiger partial charge in [-0.25, -0.2) is 8.78 Å². The van der Waals surface area contributed by atoms with Crippen LogP contribution in [0.4, 0.5) is 20.2 Å². The molecule has 0 aliphatic heterocycles. The molecule has 0 aliphatic rings. The lowest BCUT2D eigenvalue weighted by Gasteiger charge is -2.04. The standard InChI is InChI=1S/C7H7F2N3O2/c8-7(9)5-2-1-4(11-10)3-6(5)12(13)14/h1-3,7,11H,10H2. The van der Waals surface area contributed by atoms with Crippen LogP contribution in [0.1, 0.15) is 12.0 Å². The molecule has 0 atom stereocenters. The van der Waals surface area contributed by atoms with Gasteiger partial charge in [0.2, 0.25) is 0 Å². The van der Waals surface area contributed by atoms with Crippen LogP contribution in [0.15, 0.2) is 18.2 Å². The summed E-state index contributed by atoms with van der Waals surface area (Å²) >= 11 is 0. The molecule has 14 heavy (non-hydrogen) atoms. The van der Waals surface area contributed by atoms with Crippen LogP contribution in [0.2, 0.25) is 0 Å². The second-order valence-corrected chi connectivity index (χ2v) is 2.48. The van der Waals surface area contributed by atoms with Gasteiger partial charge in [0.25, 0.3) is 12.1 Å². The summed E-state index contributed by atoms with van der Waals surface area (Å²) in [6.45, 7) is 0. The first kappa shape index (κ1) is 10.3. The van der Waals surface area contributed by atoms with Gasteiger partial charge in [0.1, 0.15) is 0 Å². The second-order valence-electron chi connectivity index (χ2n) is 2.48. The van der Waals surface area contributed by atoms with Crippen molar-refractivity contribution in [3.05, 3.63) is 33.9 Å². The number of nitrogen functional groups attached to an aromatic ring is 1. The molecule has 5 nitrogen and oxygen atoms in total. The lowest BCUT2D eigenvalue weighted by Crippen LogP contribution is -2.07. The van der Waals surface area contributed by atoms with Gasteiger partial charge >= 0.3 is 0 Å². The zero-order chi connectivity index (χ0) is 10.7. The lowest BCUT2D eigenvalue weighted by atomic mass is 10.1. The predicted octanol–water partition coefficient (Wildman–Crippen LogP) is 1.82. The van der Waals surface area contributed by atoms with Crippen LogP contribution in [0, 0.1) is 10.1 Å². The van der Waals surface area contributed by atoms with E-state index in [0.29, 0.717) is 0 Å². The fraction of sp³-hybridized carbons (Fsp3) is 0.143. The summed E-state index contributed by atoms with van der Waals surface area (Å²) in [4.78, 5) is 9.53. The first-order valence-corrected chi connectivity index (χ1v) is 3.59. The summed E-state index contributed by atoms with van der Waals surface area (Å²) in [5.41, 5.74) is 1.09. The van der Waals surface area contributed by atoms with Crippen LogP contribution in [0.25, 0.3) is 0 Å².